The van der Waals surface area contributed by atoms with E-state index in [2.05, 4.69) is 5.32 Å². The molecule has 1 atom stereocenters. The molecular weight excluding hydrogens is 359 g/mol. The van der Waals surface area contributed by atoms with Gasteiger partial charge < -0.3 is 15.0 Å². The van der Waals surface area contributed by atoms with Crippen LogP contribution >= 0.6 is 11.6 Å². The van der Waals surface area contributed by atoms with Crippen LogP contribution < -0.4 is 5.32 Å². The molecule has 0 aliphatic carbocycles. The van der Waals surface area contributed by atoms with E-state index in [9.17, 15) is 14.0 Å². The number of carbonyl (C=O) groups is 2. The Morgan fingerprint density at radius 1 is 1.35 bits per heavy atom. The van der Waals surface area contributed by atoms with Gasteiger partial charge in [-0.05, 0) is 52.2 Å². The molecule has 2 rings (SSSR count). The third-order valence-electron chi connectivity index (χ3n) is 4.22. The summed E-state index contributed by atoms with van der Waals surface area (Å²) in [7, 11) is 0. The molecular formula is C19H26ClFN2O3. The number of carbonyl (C=O) groups excluding carboxylic acids is 2. The lowest BCUT2D eigenvalue weighted by atomic mass is 10.0. The minimum Gasteiger partial charge on any atom is -0.444 e. The zero-order valence-corrected chi connectivity index (χ0v) is 16.2. The first-order valence-electron chi connectivity index (χ1n) is 8.86. The van der Waals surface area contributed by atoms with Gasteiger partial charge >= 0.3 is 6.09 Å². The number of rotatable bonds is 4. The van der Waals surface area contributed by atoms with Crippen molar-refractivity contribution in [2.75, 3.05) is 13.1 Å². The maximum Gasteiger partial charge on any atom is 0.407 e. The molecule has 1 aromatic rings. The second kappa shape index (κ2) is 8.71. The highest BCUT2D eigenvalue weighted by Gasteiger charge is 2.28. The van der Waals surface area contributed by atoms with E-state index in [1.807, 2.05) is 0 Å². The van der Waals surface area contributed by atoms with E-state index < -0.39 is 17.5 Å². The second-order valence-electron chi connectivity index (χ2n) is 7.50. The fourth-order valence-electron chi connectivity index (χ4n) is 3.01. The summed E-state index contributed by atoms with van der Waals surface area (Å²) < 4.78 is 19.2. The summed E-state index contributed by atoms with van der Waals surface area (Å²) in [6, 6.07) is 4.26. The van der Waals surface area contributed by atoms with Crippen LogP contribution in [0.4, 0.5) is 9.18 Å². The monoisotopic (exact) mass is 384 g/mol. The van der Waals surface area contributed by atoms with Gasteiger partial charge in [-0.2, -0.15) is 0 Å². The Bertz CT molecular complexity index is 640. The van der Waals surface area contributed by atoms with Gasteiger partial charge in [0, 0.05) is 29.7 Å². The fourth-order valence-corrected chi connectivity index (χ4v) is 3.24. The molecule has 1 aliphatic heterocycles. The highest BCUT2D eigenvalue weighted by molar-refractivity contribution is 6.31. The summed E-state index contributed by atoms with van der Waals surface area (Å²) in [6.07, 6.45) is 2.05. The van der Waals surface area contributed by atoms with Crippen LogP contribution in [-0.2, 0) is 16.0 Å². The molecule has 1 unspecified atom stereocenters. The van der Waals surface area contributed by atoms with E-state index in [-0.39, 0.29) is 29.0 Å². The molecule has 7 heteroatoms. The van der Waals surface area contributed by atoms with E-state index in [1.54, 1.807) is 31.7 Å². The largest absolute Gasteiger partial charge is 0.444 e. The number of halogens is 2. The Labute approximate surface area is 158 Å². The van der Waals surface area contributed by atoms with Crippen LogP contribution in [0.2, 0.25) is 5.02 Å². The molecule has 5 nitrogen and oxygen atoms in total. The molecule has 26 heavy (non-hydrogen) atoms. The maximum atomic E-state index is 14.0. The number of amides is 2. The zero-order chi connectivity index (χ0) is 19.3. The van der Waals surface area contributed by atoms with E-state index in [4.69, 9.17) is 16.3 Å². The minimum absolute atomic E-state index is 0.0888. The molecule has 1 N–H and O–H groups in total. The Kier molecular flexibility index (Phi) is 6.87. The van der Waals surface area contributed by atoms with Gasteiger partial charge in [0.25, 0.3) is 0 Å². The van der Waals surface area contributed by atoms with Crippen molar-refractivity contribution in [1.82, 2.24) is 10.2 Å². The number of likely N-dealkylation sites (tertiary alicyclic amines) is 1. The number of benzene rings is 1. The van der Waals surface area contributed by atoms with Crippen LogP contribution in [0.25, 0.3) is 0 Å². The number of nitrogens with zero attached hydrogens (tertiary/aromatic N) is 1. The summed E-state index contributed by atoms with van der Waals surface area (Å²) in [5.74, 6) is -0.668. The predicted molar refractivity (Wildman–Crippen MR) is 98.7 cm³/mol. The summed E-state index contributed by atoms with van der Waals surface area (Å²) in [5, 5.41) is 2.97. The van der Waals surface area contributed by atoms with E-state index >= 15 is 0 Å². The summed E-state index contributed by atoms with van der Waals surface area (Å²) in [5.41, 5.74) is -0.364. The van der Waals surface area contributed by atoms with Gasteiger partial charge in [-0.15, -0.1) is 0 Å². The van der Waals surface area contributed by atoms with Crippen LogP contribution in [0.5, 0.6) is 0 Å². The first kappa shape index (κ1) is 20.5. The summed E-state index contributed by atoms with van der Waals surface area (Å²) in [4.78, 5) is 26.3. The van der Waals surface area contributed by atoms with Crippen LogP contribution in [0.15, 0.2) is 18.2 Å². The van der Waals surface area contributed by atoms with Gasteiger partial charge in [-0.3, -0.25) is 4.79 Å². The van der Waals surface area contributed by atoms with E-state index in [0.29, 0.717) is 13.1 Å². The van der Waals surface area contributed by atoms with Crippen molar-refractivity contribution in [3.63, 3.8) is 0 Å². The SMILES string of the molecule is CC(C)(C)OC(=O)NCC1CCCCN1C(=O)Cc1c(F)cccc1Cl. The number of hydrogen-bond acceptors (Lipinski definition) is 3. The van der Waals surface area contributed by atoms with E-state index in [0.717, 1.165) is 19.3 Å². The van der Waals surface area contributed by atoms with Crippen molar-refractivity contribution >= 4 is 23.6 Å². The van der Waals surface area contributed by atoms with Crippen molar-refractivity contribution in [3.05, 3.63) is 34.6 Å². The molecule has 1 aliphatic rings. The van der Waals surface area contributed by atoms with Crippen LogP contribution in [0, 0.1) is 5.82 Å². The number of piperidine rings is 1. The molecule has 1 saturated heterocycles. The van der Waals surface area contributed by atoms with Crippen LogP contribution in [0.3, 0.4) is 0 Å². The molecule has 0 saturated carbocycles. The highest BCUT2D eigenvalue weighted by Crippen LogP contribution is 2.23. The number of hydrogen-bond donors (Lipinski definition) is 1. The Balaban J connectivity index is 1.99. The molecule has 0 bridgehead atoms. The maximum absolute atomic E-state index is 14.0. The molecule has 1 fully saturated rings. The van der Waals surface area contributed by atoms with E-state index in [1.165, 1.54) is 12.1 Å². The third-order valence-corrected chi connectivity index (χ3v) is 4.57. The average Bonchev–Trinajstić information content (AvgIpc) is 2.55. The second-order valence-corrected chi connectivity index (χ2v) is 7.90. The first-order chi connectivity index (χ1) is 12.2. The lowest BCUT2D eigenvalue weighted by molar-refractivity contribution is -0.134. The fraction of sp³-hybridized carbons (Fsp3) is 0.579. The summed E-state index contributed by atoms with van der Waals surface area (Å²) in [6.45, 7) is 6.28. The molecule has 0 spiro atoms. The number of nitrogens with one attached hydrogen (secondary N) is 1. The smallest absolute Gasteiger partial charge is 0.407 e. The molecule has 2 amide bonds. The highest BCUT2D eigenvalue weighted by atomic mass is 35.5. The topological polar surface area (TPSA) is 58.6 Å². The summed E-state index contributed by atoms with van der Waals surface area (Å²) >= 11 is 6.03. The zero-order valence-electron chi connectivity index (χ0n) is 15.5. The van der Waals surface area contributed by atoms with Gasteiger partial charge in [0.15, 0.2) is 0 Å². The molecule has 1 aromatic carbocycles. The van der Waals surface area contributed by atoms with Crippen molar-refractivity contribution in [2.24, 2.45) is 0 Å². The number of ether oxygens (including phenoxy) is 1. The predicted octanol–water partition coefficient (Wildman–Crippen LogP) is 3.93. The minimum atomic E-state index is -0.576. The Hall–Kier alpha value is -1.82. The standard InChI is InChI=1S/C19H26ClFN2O3/c1-19(2,3)26-18(25)22-12-13-7-4-5-10-23(13)17(24)11-14-15(20)8-6-9-16(14)21/h6,8-9,13H,4-5,7,10-12H2,1-3H3,(H,22,25). The van der Waals surface area contributed by atoms with Gasteiger partial charge in [-0.1, -0.05) is 17.7 Å². The molecule has 1 heterocycles. The molecule has 0 aromatic heterocycles. The quantitative estimate of drug-likeness (QED) is 0.855. The van der Waals surface area contributed by atoms with Crippen molar-refractivity contribution < 1.29 is 18.7 Å². The lowest BCUT2D eigenvalue weighted by Crippen LogP contribution is -2.50. The lowest BCUT2D eigenvalue weighted by Gasteiger charge is -2.36. The van der Waals surface area contributed by atoms with Gasteiger partial charge in [-0.25, -0.2) is 9.18 Å². The molecule has 144 valence electrons. The van der Waals surface area contributed by atoms with Crippen LogP contribution in [0.1, 0.15) is 45.6 Å². The third kappa shape index (κ3) is 5.87. The first-order valence-corrected chi connectivity index (χ1v) is 9.24. The van der Waals surface area contributed by atoms with Crippen molar-refractivity contribution in [2.45, 2.75) is 58.1 Å². The number of alkyl carbamates (subject to hydrolysis) is 1. The van der Waals surface area contributed by atoms with Crippen LogP contribution in [-0.4, -0.2) is 41.6 Å². The average molecular weight is 385 g/mol. The van der Waals surface area contributed by atoms with Gasteiger partial charge in [0.1, 0.15) is 11.4 Å². The van der Waals surface area contributed by atoms with Gasteiger partial charge in [0.2, 0.25) is 5.91 Å². The van der Waals surface area contributed by atoms with Crippen molar-refractivity contribution in [1.29, 1.82) is 0 Å². The molecule has 0 radical (unpaired) electrons. The Morgan fingerprint density at radius 3 is 2.73 bits per heavy atom. The van der Waals surface area contributed by atoms with Gasteiger partial charge in [0.05, 0.1) is 6.42 Å². The normalized spacial score (nSPS) is 17.7. The van der Waals surface area contributed by atoms with Crippen molar-refractivity contribution in [3.8, 4) is 0 Å². The Morgan fingerprint density at radius 2 is 2.08 bits per heavy atom.